The molecule has 2 aromatic carbocycles. The largest absolute Gasteiger partial charge is 0.444 e. The van der Waals surface area contributed by atoms with Crippen LogP contribution >= 0.6 is 0 Å². The molecule has 1 atom stereocenters. The summed E-state index contributed by atoms with van der Waals surface area (Å²) in [4.78, 5) is 39.3. The number of ether oxygens (including phenoxy) is 1. The van der Waals surface area contributed by atoms with Gasteiger partial charge in [-0.25, -0.2) is 4.79 Å². The summed E-state index contributed by atoms with van der Waals surface area (Å²) in [6.07, 6.45) is -0.355. The zero-order chi connectivity index (χ0) is 28.1. The lowest BCUT2D eigenvalue weighted by atomic mass is 9.88. The van der Waals surface area contributed by atoms with E-state index in [0.717, 1.165) is 18.4 Å². The van der Waals surface area contributed by atoms with Crippen LogP contribution in [0.15, 0.2) is 48.5 Å². The number of hydrogen-bond acceptors (Lipinski definition) is 6. The minimum absolute atomic E-state index is 0.0620. The lowest BCUT2D eigenvalue weighted by molar-refractivity contribution is -0.138. The number of Topliss-reactive ketones (excluding diaryl/α,β-unsaturated/α-hetero) is 1. The first-order valence-corrected chi connectivity index (χ1v) is 13.1. The molecule has 8 heteroatoms. The Balaban J connectivity index is 1.56. The number of aliphatic hydroxyl groups is 2. The Morgan fingerprint density at radius 3 is 2.26 bits per heavy atom. The normalized spacial score (nSPS) is 15.6. The van der Waals surface area contributed by atoms with Gasteiger partial charge in [0.1, 0.15) is 11.7 Å². The van der Waals surface area contributed by atoms with E-state index in [0.29, 0.717) is 36.7 Å². The summed E-state index contributed by atoms with van der Waals surface area (Å²) >= 11 is 0. The topological polar surface area (TPSA) is 116 Å². The van der Waals surface area contributed by atoms with Crippen molar-refractivity contribution in [1.82, 2.24) is 10.2 Å². The van der Waals surface area contributed by atoms with Crippen LogP contribution in [0.5, 0.6) is 0 Å². The molecule has 0 spiro atoms. The standard InChI is InChI=1S/C30H40N2O6/c1-29(2,3)38-28(36)31-19-21-9-7-10-23(17-21)22-12-14-32(15-13-22)27(35)24-11-6-8-20(16-24)18-25(33)26(34)30(4,5)37/h6-11,16-17,22,26,34,37H,12-15,18-19H2,1-5H3,(H,31,36). The van der Waals surface area contributed by atoms with Crippen molar-refractivity contribution in [3.63, 3.8) is 0 Å². The molecule has 8 nitrogen and oxygen atoms in total. The van der Waals surface area contributed by atoms with E-state index in [1.807, 2.05) is 37.8 Å². The Kier molecular flexibility index (Phi) is 9.33. The van der Waals surface area contributed by atoms with E-state index in [1.165, 1.54) is 19.4 Å². The van der Waals surface area contributed by atoms with Crippen LogP contribution in [0.1, 0.15) is 80.4 Å². The first-order valence-electron chi connectivity index (χ1n) is 13.1. The average Bonchev–Trinajstić information content (AvgIpc) is 2.85. The van der Waals surface area contributed by atoms with E-state index >= 15 is 0 Å². The molecule has 3 rings (SSSR count). The van der Waals surface area contributed by atoms with Crippen LogP contribution in [0.25, 0.3) is 0 Å². The summed E-state index contributed by atoms with van der Waals surface area (Å²) in [7, 11) is 0. The fraction of sp³-hybridized carbons (Fsp3) is 0.500. The van der Waals surface area contributed by atoms with E-state index < -0.39 is 29.2 Å². The molecule has 0 saturated carbocycles. The highest BCUT2D eigenvalue weighted by Crippen LogP contribution is 2.29. The van der Waals surface area contributed by atoms with Gasteiger partial charge in [-0.05, 0) is 82.2 Å². The Hall–Kier alpha value is -3.23. The number of rotatable bonds is 8. The van der Waals surface area contributed by atoms with Gasteiger partial charge in [-0.3, -0.25) is 9.59 Å². The van der Waals surface area contributed by atoms with Gasteiger partial charge in [0, 0.05) is 31.6 Å². The van der Waals surface area contributed by atoms with Crippen molar-refractivity contribution >= 4 is 17.8 Å². The van der Waals surface area contributed by atoms with Gasteiger partial charge in [0.05, 0.1) is 5.60 Å². The third-order valence-electron chi connectivity index (χ3n) is 6.57. The fourth-order valence-electron chi connectivity index (χ4n) is 4.55. The number of nitrogens with one attached hydrogen (secondary N) is 1. The SMILES string of the molecule is CC(C)(C)OC(=O)NCc1cccc(C2CCN(C(=O)c3cccc(CC(=O)C(O)C(C)(C)O)c3)CC2)c1. The third-order valence-corrected chi connectivity index (χ3v) is 6.57. The smallest absolute Gasteiger partial charge is 0.407 e. The van der Waals surface area contributed by atoms with Crippen molar-refractivity contribution in [3.8, 4) is 0 Å². The minimum atomic E-state index is -1.52. The number of hydrogen-bond donors (Lipinski definition) is 3. The van der Waals surface area contributed by atoms with Crippen LogP contribution in [-0.4, -0.2) is 63.3 Å². The minimum Gasteiger partial charge on any atom is -0.444 e. The number of likely N-dealkylation sites (tertiary alicyclic amines) is 1. The van der Waals surface area contributed by atoms with Gasteiger partial charge in [0.25, 0.3) is 5.91 Å². The van der Waals surface area contributed by atoms with Crippen molar-refractivity contribution in [1.29, 1.82) is 0 Å². The Morgan fingerprint density at radius 2 is 1.63 bits per heavy atom. The highest BCUT2D eigenvalue weighted by molar-refractivity contribution is 5.95. The molecule has 1 fully saturated rings. The van der Waals surface area contributed by atoms with Crippen LogP contribution in [0.3, 0.4) is 0 Å². The number of amides is 2. The summed E-state index contributed by atoms with van der Waals surface area (Å²) in [6.45, 7) is 9.86. The zero-order valence-electron chi connectivity index (χ0n) is 23.0. The molecule has 3 N–H and O–H groups in total. The number of nitrogens with zero attached hydrogens (tertiary/aromatic N) is 1. The van der Waals surface area contributed by atoms with Crippen molar-refractivity contribution in [2.75, 3.05) is 13.1 Å². The Labute approximate surface area is 225 Å². The number of alkyl carbamates (subject to hydrolysis) is 1. The van der Waals surface area contributed by atoms with Gasteiger partial charge < -0.3 is 25.2 Å². The monoisotopic (exact) mass is 524 g/mol. The molecule has 1 heterocycles. The molecule has 0 bridgehead atoms. The maximum Gasteiger partial charge on any atom is 0.407 e. The van der Waals surface area contributed by atoms with E-state index in [1.54, 1.807) is 24.3 Å². The molecule has 38 heavy (non-hydrogen) atoms. The second kappa shape index (κ2) is 12.1. The summed E-state index contributed by atoms with van der Waals surface area (Å²) in [5.41, 5.74) is 1.23. The van der Waals surface area contributed by atoms with Crippen LogP contribution in [-0.2, 0) is 22.5 Å². The van der Waals surface area contributed by atoms with Crippen molar-refractivity contribution < 1.29 is 29.3 Å². The van der Waals surface area contributed by atoms with Crippen LogP contribution < -0.4 is 5.32 Å². The molecule has 1 aliphatic rings. The van der Waals surface area contributed by atoms with Crippen molar-refractivity contribution in [2.24, 2.45) is 0 Å². The highest BCUT2D eigenvalue weighted by Gasteiger charge is 2.31. The second-order valence-electron chi connectivity index (χ2n) is 11.6. The molecule has 206 valence electrons. The van der Waals surface area contributed by atoms with Gasteiger partial charge in [0.2, 0.25) is 0 Å². The van der Waals surface area contributed by atoms with Gasteiger partial charge in [-0.1, -0.05) is 36.4 Å². The van der Waals surface area contributed by atoms with Crippen molar-refractivity contribution in [3.05, 3.63) is 70.8 Å². The first-order chi connectivity index (χ1) is 17.7. The number of benzene rings is 2. The van der Waals surface area contributed by atoms with Crippen LogP contribution in [0, 0.1) is 0 Å². The number of carbonyl (C=O) groups is 3. The predicted molar refractivity (Wildman–Crippen MR) is 145 cm³/mol. The molecular weight excluding hydrogens is 484 g/mol. The number of piperidine rings is 1. The quantitative estimate of drug-likeness (QED) is 0.481. The lowest BCUT2D eigenvalue weighted by Crippen LogP contribution is -2.42. The van der Waals surface area contributed by atoms with E-state index in [2.05, 4.69) is 17.4 Å². The second-order valence-corrected chi connectivity index (χ2v) is 11.6. The Bertz CT molecular complexity index is 1140. The maximum atomic E-state index is 13.2. The molecule has 0 aromatic heterocycles. The molecule has 1 unspecified atom stereocenters. The predicted octanol–water partition coefficient (Wildman–Crippen LogP) is 3.97. The van der Waals surface area contributed by atoms with Gasteiger partial charge >= 0.3 is 6.09 Å². The number of aliphatic hydroxyl groups excluding tert-OH is 1. The molecular formula is C30H40N2O6. The van der Waals surface area contributed by atoms with E-state index in [9.17, 15) is 24.6 Å². The summed E-state index contributed by atoms with van der Waals surface area (Å²) in [6, 6.07) is 15.0. The number of carbonyl (C=O) groups excluding carboxylic acids is 3. The maximum absolute atomic E-state index is 13.2. The van der Waals surface area contributed by atoms with Crippen LogP contribution in [0.2, 0.25) is 0 Å². The van der Waals surface area contributed by atoms with E-state index in [-0.39, 0.29) is 12.3 Å². The van der Waals surface area contributed by atoms with Crippen LogP contribution in [0.4, 0.5) is 4.79 Å². The average molecular weight is 525 g/mol. The summed E-state index contributed by atoms with van der Waals surface area (Å²) in [5, 5.41) is 22.7. The van der Waals surface area contributed by atoms with Gasteiger partial charge in [-0.15, -0.1) is 0 Å². The summed E-state index contributed by atoms with van der Waals surface area (Å²) in [5.74, 6) is -0.268. The summed E-state index contributed by atoms with van der Waals surface area (Å²) < 4.78 is 5.30. The van der Waals surface area contributed by atoms with E-state index in [4.69, 9.17) is 4.74 Å². The molecule has 2 amide bonds. The molecule has 1 aliphatic heterocycles. The number of ketones is 1. The lowest BCUT2D eigenvalue weighted by Gasteiger charge is -2.32. The molecule has 0 radical (unpaired) electrons. The molecule has 1 saturated heterocycles. The zero-order valence-corrected chi connectivity index (χ0v) is 23.0. The highest BCUT2D eigenvalue weighted by atomic mass is 16.6. The molecule has 2 aromatic rings. The van der Waals surface area contributed by atoms with Gasteiger partial charge in [0.15, 0.2) is 5.78 Å². The fourth-order valence-corrected chi connectivity index (χ4v) is 4.55. The van der Waals surface area contributed by atoms with Crippen molar-refractivity contribution in [2.45, 2.75) is 83.6 Å². The van der Waals surface area contributed by atoms with Gasteiger partial charge in [-0.2, -0.15) is 0 Å². The third kappa shape index (κ3) is 8.39. The molecule has 0 aliphatic carbocycles. The first kappa shape index (κ1) is 29.3. The Morgan fingerprint density at radius 1 is 1.00 bits per heavy atom.